The van der Waals surface area contributed by atoms with Crippen molar-refractivity contribution in [3.8, 4) is 0 Å². The molecule has 1 fully saturated rings. The van der Waals surface area contributed by atoms with Crippen LogP contribution in [-0.4, -0.2) is 22.9 Å². The molecular formula is C14H19ClN2O. The number of nitrogen functional groups attached to an aromatic ring is 1. The molecule has 98 valence electrons. The Kier molecular flexibility index (Phi) is 3.81. The summed E-state index contributed by atoms with van der Waals surface area (Å²) in [5, 5.41) is 0.443. The minimum Gasteiger partial charge on any atom is -0.398 e. The second-order valence-electron chi connectivity index (χ2n) is 5.08. The van der Waals surface area contributed by atoms with Gasteiger partial charge in [-0.2, -0.15) is 0 Å². The van der Waals surface area contributed by atoms with Gasteiger partial charge in [0.1, 0.15) is 0 Å². The molecule has 1 heterocycles. The zero-order chi connectivity index (χ0) is 13.3. The van der Waals surface area contributed by atoms with Gasteiger partial charge >= 0.3 is 0 Å². The van der Waals surface area contributed by atoms with E-state index >= 15 is 0 Å². The van der Waals surface area contributed by atoms with Gasteiger partial charge in [-0.25, -0.2) is 0 Å². The molecule has 0 unspecified atom stereocenters. The van der Waals surface area contributed by atoms with Crippen LogP contribution in [0.5, 0.6) is 0 Å². The Morgan fingerprint density at radius 3 is 2.50 bits per heavy atom. The second-order valence-corrected chi connectivity index (χ2v) is 5.48. The van der Waals surface area contributed by atoms with Gasteiger partial charge in [0, 0.05) is 17.6 Å². The van der Waals surface area contributed by atoms with Crippen LogP contribution in [0, 0.1) is 0 Å². The molecule has 2 rings (SSSR count). The number of hydrogen-bond acceptors (Lipinski definition) is 2. The molecule has 18 heavy (non-hydrogen) atoms. The maximum atomic E-state index is 12.5. The van der Waals surface area contributed by atoms with E-state index in [9.17, 15) is 4.79 Å². The summed E-state index contributed by atoms with van der Waals surface area (Å²) in [6.45, 7) is 4.21. The molecule has 1 aliphatic heterocycles. The Morgan fingerprint density at radius 2 is 1.94 bits per heavy atom. The molecule has 0 aromatic heterocycles. The Bertz CT molecular complexity index is 451. The molecule has 3 nitrogen and oxygen atoms in total. The summed E-state index contributed by atoms with van der Waals surface area (Å²) in [7, 11) is 0. The van der Waals surface area contributed by atoms with E-state index < -0.39 is 0 Å². The van der Waals surface area contributed by atoms with Crippen LogP contribution in [0.4, 0.5) is 5.69 Å². The Morgan fingerprint density at radius 1 is 1.33 bits per heavy atom. The minimum atomic E-state index is 0.0524. The molecule has 0 radical (unpaired) electrons. The van der Waals surface area contributed by atoms with Crippen LogP contribution in [0.3, 0.4) is 0 Å². The van der Waals surface area contributed by atoms with E-state index in [1.54, 1.807) is 18.2 Å². The van der Waals surface area contributed by atoms with Gasteiger partial charge in [-0.3, -0.25) is 4.79 Å². The number of nitrogens with two attached hydrogens (primary N) is 1. The first kappa shape index (κ1) is 13.2. The molecule has 1 aromatic rings. The van der Waals surface area contributed by atoms with Gasteiger partial charge in [0.2, 0.25) is 0 Å². The van der Waals surface area contributed by atoms with Crippen molar-refractivity contribution in [3.05, 3.63) is 28.8 Å². The maximum Gasteiger partial charge on any atom is 0.254 e. The van der Waals surface area contributed by atoms with Crippen molar-refractivity contribution in [3.63, 3.8) is 0 Å². The Balaban J connectivity index is 2.26. The third kappa shape index (κ3) is 2.46. The topological polar surface area (TPSA) is 46.3 Å². The molecule has 4 heteroatoms. The van der Waals surface area contributed by atoms with Crippen molar-refractivity contribution in [2.75, 3.05) is 5.73 Å². The van der Waals surface area contributed by atoms with Gasteiger partial charge in [-0.05, 0) is 51.3 Å². The van der Waals surface area contributed by atoms with Crippen molar-refractivity contribution in [2.45, 2.75) is 45.2 Å². The fourth-order valence-electron chi connectivity index (χ4n) is 2.63. The highest BCUT2D eigenvalue weighted by molar-refractivity contribution is 6.33. The molecule has 0 bridgehead atoms. The number of hydrogen-bond donors (Lipinski definition) is 1. The molecule has 0 spiro atoms. The SMILES string of the molecule is C[C@@H]1CCC[C@H](C)N1C(=O)c1ccc(N)c(Cl)c1. The zero-order valence-corrected chi connectivity index (χ0v) is 11.6. The Hall–Kier alpha value is -1.22. The van der Waals surface area contributed by atoms with Crippen LogP contribution in [0.15, 0.2) is 18.2 Å². The monoisotopic (exact) mass is 266 g/mol. The molecule has 1 aliphatic rings. The fraction of sp³-hybridized carbons (Fsp3) is 0.500. The number of anilines is 1. The molecule has 2 atom stereocenters. The van der Waals surface area contributed by atoms with E-state index in [-0.39, 0.29) is 18.0 Å². The van der Waals surface area contributed by atoms with Gasteiger partial charge in [-0.15, -0.1) is 0 Å². The van der Waals surface area contributed by atoms with Gasteiger partial charge in [-0.1, -0.05) is 11.6 Å². The Labute approximate surface area is 113 Å². The number of nitrogens with zero attached hydrogens (tertiary/aromatic N) is 1. The summed E-state index contributed by atoms with van der Waals surface area (Å²) in [5.41, 5.74) is 6.79. The van der Waals surface area contributed by atoms with Crippen molar-refractivity contribution >= 4 is 23.2 Å². The third-order valence-electron chi connectivity index (χ3n) is 3.68. The van der Waals surface area contributed by atoms with E-state index in [4.69, 9.17) is 17.3 Å². The normalized spacial score (nSPS) is 24.1. The number of rotatable bonds is 1. The molecule has 0 aliphatic carbocycles. The summed E-state index contributed by atoms with van der Waals surface area (Å²) in [5.74, 6) is 0.0524. The van der Waals surface area contributed by atoms with Gasteiger partial charge in [0.05, 0.1) is 10.7 Å². The quantitative estimate of drug-likeness (QED) is 0.793. The van der Waals surface area contributed by atoms with Crippen LogP contribution in [0.25, 0.3) is 0 Å². The molecule has 1 aromatic carbocycles. The van der Waals surface area contributed by atoms with Crippen molar-refractivity contribution in [1.82, 2.24) is 4.90 Å². The lowest BCUT2D eigenvalue weighted by molar-refractivity contribution is 0.0511. The molecule has 1 amide bonds. The first-order valence-electron chi connectivity index (χ1n) is 6.38. The minimum absolute atomic E-state index is 0.0524. The van der Waals surface area contributed by atoms with Crippen molar-refractivity contribution in [2.24, 2.45) is 0 Å². The predicted molar refractivity (Wildman–Crippen MR) is 74.8 cm³/mol. The van der Waals surface area contributed by atoms with E-state index in [1.807, 2.05) is 4.90 Å². The first-order valence-corrected chi connectivity index (χ1v) is 6.76. The summed E-state index contributed by atoms with van der Waals surface area (Å²) in [6, 6.07) is 5.68. The summed E-state index contributed by atoms with van der Waals surface area (Å²) in [4.78, 5) is 14.5. The van der Waals surface area contributed by atoms with Gasteiger partial charge in [0.25, 0.3) is 5.91 Å². The smallest absolute Gasteiger partial charge is 0.254 e. The average molecular weight is 267 g/mol. The zero-order valence-electron chi connectivity index (χ0n) is 10.8. The highest BCUT2D eigenvalue weighted by Crippen LogP contribution is 2.26. The predicted octanol–water partition coefficient (Wildman–Crippen LogP) is 3.33. The third-order valence-corrected chi connectivity index (χ3v) is 4.00. The largest absolute Gasteiger partial charge is 0.398 e. The number of amides is 1. The molecule has 1 saturated heterocycles. The van der Waals surface area contributed by atoms with Crippen LogP contribution >= 0.6 is 11.6 Å². The average Bonchev–Trinajstić information content (AvgIpc) is 2.32. The number of piperidine rings is 1. The van der Waals surface area contributed by atoms with E-state index in [1.165, 1.54) is 6.42 Å². The number of carbonyl (C=O) groups excluding carboxylic acids is 1. The van der Waals surface area contributed by atoms with E-state index in [0.717, 1.165) is 12.8 Å². The second kappa shape index (κ2) is 5.19. The van der Waals surface area contributed by atoms with Crippen molar-refractivity contribution in [1.29, 1.82) is 0 Å². The molecular weight excluding hydrogens is 248 g/mol. The number of benzene rings is 1. The number of carbonyl (C=O) groups is 1. The number of halogens is 1. The lowest BCUT2D eigenvalue weighted by Crippen LogP contribution is -2.47. The highest BCUT2D eigenvalue weighted by atomic mass is 35.5. The lowest BCUT2D eigenvalue weighted by Gasteiger charge is -2.39. The van der Waals surface area contributed by atoms with Crippen LogP contribution in [0.2, 0.25) is 5.02 Å². The van der Waals surface area contributed by atoms with Gasteiger partial charge in [0.15, 0.2) is 0 Å². The maximum absolute atomic E-state index is 12.5. The van der Waals surface area contributed by atoms with Crippen LogP contribution in [0.1, 0.15) is 43.5 Å². The molecule has 2 N–H and O–H groups in total. The summed E-state index contributed by atoms with van der Waals surface area (Å²) < 4.78 is 0. The lowest BCUT2D eigenvalue weighted by atomic mass is 9.96. The van der Waals surface area contributed by atoms with Crippen molar-refractivity contribution < 1.29 is 4.79 Å². The highest BCUT2D eigenvalue weighted by Gasteiger charge is 2.29. The van der Waals surface area contributed by atoms with Crippen LogP contribution < -0.4 is 5.73 Å². The van der Waals surface area contributed by atoms with Crippen LogP contribution in [-0.2, 0) is 0 Å². The standard InChI is InChI=1S/C14H19ClN2O/c1-9-4-3-5-10(2)17(9)14(18)11-6-7-13(16)12(15)8-11/h6-10H,3-5,16H2,1-2H3/t9-,10+. The van der Waals surface area contributed by atoms with E-state index in [0.29, 0.717) is 16.3 Å². The molecule has 0 saturated carbocycles. The fourth-order valence-corrected chi connectivity index (χ4v) is 2.81. The van der Waals surface area contributed by atoms with Gasteiger partial charge < -0.3 is 10.6 Å². The first-order chi connectivity index (χ1) is 8.50. The number of likely N-dealkylation sites (tertiary alicyclic amines) is 1. The van der Waals surface area contributed by atoms with E-state index in [2.05, 4.69) is 13.8 Å². The summed E-state index contributed by atoms with van der Waals surface area (Å²) >= 11 is 5.97. The summed E-state index contributed by atoms with van der Waals surface area (Å²) in [6.07, 6.45) is 3.33.